The van der Waals surface area contributed by atoms with Crippen LogP contribution in [0.25, 0.3) is 0 Å². The molecule has 5 heteroatoms. The topological polar surface area (TPSA) is 60.9 Å². The van der Waals surface area contributed by atoms with Crippen LogP contribution in [0.1, 0.15) is 12.8 Å². The van der Waals surface area contributed by atoms with Crippen molar-refractivity contribution in [3.8, 4) is 0 Å². The van der Waals surface area contributed by atoms with Gasteiger partial charge in [-0.05, 0) is 19.9 Å². The highest BCUT2D eigenvalue weighted by Gasteiger charge is 2.26. The number of rotatable bonds is 2. The fourth-order valence-electron chi connectivity index (χ4n) is 1.56. The first kappa shape index (κ1) is 9.98. The fraction of sp³-hybridized carbons (Fsp3) is 0.750. The Hall–Kier alpha value is -1.10. The van der Waals surface area contributed by atoms with Crippen molar-refractivity contribution in [1.82, 2.24) is 9.80 Å². The van der Waals surface area contributed by atoms with E-state index in [0.717, 1.165) is 12.8 Å². The average Bonchev–Trinajstić information content (AvgIpc) is 2.26. The summed E-state index contributed by atoms with van der Waals surface area (Å²) in [5.41, 5.74) is 0. The van der Waals surface area contributed by atoms with Gasteiger partial charge in [-0.2, -0.15) is 0 Å². The Morgan fingerprint density at radius 2 is 2.31 bits per heavy atom. The van der Waals surface area contributed by atoms with Gasteiger partial charge in [0.2, 0.25) is 6.41 Å². The predicted octanol–water partition coefficient (Wildman–Crippen LogP) is -0.419. The normalized spacial score (nSPS) is 25.3. The quantitative estimate of drug-likeness (QED) is 0.595. The lowest BCUT2D eigenvalue weighted by Gasteiger charge is -2.24. The van der Waals surface area contributed by atoms with E-state index in [2.05, 4.69) is 0 Å². The van der Waals surface area contributed by atoms with Crippen LogP contribution < -0.4 is 0 Å². The zero-order valence-corrected chi connectivity index (χ0v) is 7.64. The molecule has 1 N–H and O–H groups in total. The summed E-state index contributed by atoms with van der Waals surface area (Å²) >= 11 is 0. The van der Waals surface area contributed by atoms with Gasteiger partial charge in [-0.25, -0.2) is 0 Å². The van der Waals surface area contributed by atoms with Crippen molar-refractivity contribution in [2.24, 2.45) is 0 Å². The molecular formula is C8H14N2O3. The van der Waals surface area contributed by atoms with Gasteiger partial charge in [0.1, 0.15) is 6.04 Å². The molecule has 1 aliphatic rings. The Kier molecular flexibility index (Phi) is 3.25. The molecule has 0 bridgehead atoms. The van der Waals surface area contributed by atoms with Crippen molar-refractivity contribution in [3.63, 3.8) is 0 Å². The summed E-state index contributed by atoms with van der Waals surface area (Å²) in [7, 11) is 1.72. The van der Waals surface area contributed by atoms with Crippen molar-refractivity contribution >= 4 is 12.4 Å². The summed E-state index contributed by atoms with van der Waals surface area (Å²) < 4.78 is 0. The molecule has 1 heterocycles. The highest BCUT2D eigenvalue weighted by Crippen LogP contribution is 2.11. The van der Waals surface area contributed by atoms with Gasteiger partial charge in [0.05, 0.1) is 6.67 Å². The Balaban J connectivity index is 2.61. The molecule has 74 valence electrons. The van der Waals surface area contributed by atoms with Gasteiger partial charge in [-0.1, -0.05) is 0 Å². The number of carbonyl (C=O) groups is 2. The third-order valence-corrected chi connectivity index (χ3v) is 2.29. The van der Waals surface area contributed by atoms with Crippen LogP contribution in [0.5, 0.6) is 0 Å². The maximum absolute atomic E-state index is 10.8. The number of likely N-dealkylation sites (N-methyl/N-ethyl adjacent to an activating group) is 1. The first-order valence-corrected chi connectivity index (χ1v) is 4.27. The van der Waals surface area contributed by atoms with E-state index in [-0.39, 0.29) is 0 Å². The third kappa shape index (κ3) is 2.42. The van der Waals surface area contributed by atoms with Crippen LogP contribution in [-0.4, -0.2) is 53.6 Å². The number of nitrogens with zero attached hydrogens (tertiary/aromatic N) is 2. The van der Waals surface area contributed by atoms with E-state index in [1.807, 2.05) is 0 Å². The molecule has 1 fully saturated rings. The highest BCUT2D eigenvalue weighted by atomic mass is 16.4. The smallest absolute Gasteiger partial charge is 0.320 e. The maximum atomic E-state index is 10.8. The first-order valence-electron chi connectivity index (χ1n) is 4.27. The molecule has 0 aliphatic carbocycles. The Bertz CT molecular complexity index is 208. The minimum Gasteiger partial charge on any atom is -0.480 e. The predicted molar refractivity (Wildman–Crippen MR) is 46.1 cm³/mol. The molecule has 0 saturated carbocycles. The average molecular weight is 186 g/mol. The summed E-state index contributed by atoms with van der Waals surface area (Å²) in [6.07, 6.45) is 2.12. The third-order valence-electron chi connectivity index (χ3n) is 2.29. The second kappa shape index (κ2) is 4.23. The van der Waals surface area contributed by atoms with E-state index < -0.39 is 12.0 Å². The summed E-state index contributed by atoms with van der Waals surface area (Å²) in [5.74, 6) is -0.810. The number of amides is 1. The van der Waals surface area contributed by atoms with Crippen LogP contribution in [0.3, 0.4) is 0 Å². The lowest BCUT2D eigenvalue weighted by Crippen LogP contribution is -2.41. The molecule has 0 radical (unpaired) electrons. The molecule has 0 spiro atoms. The molecule has 0 aromatic carbocycles. The summed E-state index contributed by atoms with van der Waals surface area (Å²) in [5, 5.41) is 8.84. The van der Waals surface area contributed by atoms with Crippen LogP contribution in [-0.2, 0) is 9.59 Å². The number of carboxylic acids is 1. The first-order chi connectivity index (χ1) is 6.15. The van der Waals surface area contributed by atoms with Gasteiger partial charge in [-0.15, -0.1) is 0 Å². The number of aliphatic carboxylic acids is 1. The van der Waals surface area contributed by atoms with Crippen molar-refractivity contribution < 1.29 is 14.7 Å². The van der Waals surface area contributed by atoms with E-state index in [1.54, 1.807) is 16.8 Å². The summed E-state index contributed by atoms with van der Waals surface area (Å²) in [4.78, 5) is 24.5. The summed E-state index contributed by atoms with van der Waals surface area (Å²) in [6.45, 7) is 1.05. The van der Waals surface area contributed by atoms with Crippen LogP contribution in [0.15, 0.2) is 0 Å². The SMILES string of the molecule is CN1CN(C=O)CCC[C@H]1C(=O)O. The van der Waals surface area contributed by atoms with Crippen LogP contribution in [0, 0.1) is 0 Å². The molecule has 1 aliphatic heterocycles. The van der Waals surface area contributed by atoms with E-state index in [4.69, 9.17) is 5.11 Å². The molecule has 0 aromatic rings. The van der Waals surface area contributed by atoms with Gasteiger partial charge in [0.15, 0.2) is 0 Å². The second-order valence-electron chi connectivity index (χ2n) is 3.31. The van der Waals surface area contributed by atoms with Gasteiger partial charge < -0.3 is 10.0 Å². The van der Waals surface area contributed by atoms with Gasteiger partial charge in [0, 0.05) is 6.54 Å². The number of carbonyl (C=O) groups excluding carboxylic acids is 1. The number of hydrogen-bond acceptors (Lipinski definition) is 3. The molecule has 1 atom stereocenters. The Morgan fingerprint density at radius 1 is 1.62 bits per heavy atom. The van der Waals surface area contributed by atoms with Crippen molar-refractivity contribution in [3.05, 3.63) is 0 Å². The van der Waals surface area contributed by atoms with Gasteiger partial charge in [0.25, 0.3) is 0 Å². The van der Waals surface area contributed by atoms with E-state index >= 15 is 0 Å². The minimum absolute atomic E-state index is 0.403. The van der Waals surface area contributed by atoms with E-state index in [0.29, 0.717) is 19.6 Å². The van der Waals surface area contributed by atoms with Crippen molar-refractivity contribution in [1.29, 1.82) is 0 Å². The van der Waals surface area contributed by atoms with Crippen LogP contribution in [0.4, 0.5) is 0 Å². The number of hydrogen-bond donors (Lipinski definition) is 1. The van der Waals surface area contributed by atoms with Gasteiger partial charge >= 0.3 is 5.97 Å². The molecule has 0 aromatic heterocycles. The zero-order chi connectivity index (χ0) is 9.84. The molecule has 5 nitrogen and oxygen atoms in total. The molecule has 1 rings (SSSR count). The maximum Gasteiger partial charge on any atom is 0.320 e. The van der Waals surface area contributed by atoms with Gasteiger partial charge in [-0.3, -0.25) is 14.5 Å². The Morgan fingerprint density at radius 3 is 2.85 bits per heavy atom. The molecule has 0 unspecified atom stereocenters. The van der Waals surface area contributed by atoms with Crippen LogP contribution >= 0.6 is 0 Å². The zero-order valence-electron chi connectivity index (χ0n) is 7.64. The lowest BCUT2D eigenvalue weighted by atomic mass is 10.1. The molecule has 1 amide bonds. The minimum atomic E-state index is -0.810. The largest absolute Gasteiger partial charge is 0.480 e. The molecule has 1 saturated heterocycles. The standard InChI is InChI=1S/C8H14N2O3/c1-9-5-10(6-11)4-2-3-7(9)8(12)13/h6-7H,2-5H2,1H3,(H,12,13)/t7-/m0/s1. The van der Waals surface area contributed by atoms with E-state index in [9.17, 15) is 9.59 Å². The fourth-order valence-corrected chi connectivity index (χ4v) is 1.56. The lowest BCUT2D eigenvalue weighted by molar-refractivity contribution is -0.143. The monoisotopic (exact) mass is 186 g/mol. The van der Waals surface area contributed by atoms with Crippen molar-refractivity contribution in [2.75, 3.05) is 20.3 Å². The van der Waals surface area contributed by atoms with Crippen molar-refractivity contribution in [2.45, 2.75) is 18.9 Å². The van der Waals surface area contributed by atoms with Crippen LogP contribution in [0.2, 0.25) is 0 Å². The molecular weight excluding hydrogens is 172 g/mol. The van der Waals surface area contributed by atoms with E-state index in [1.165, 1.54) is 0 Å². The Labute approximate surface area is 76.9 Å². The second-order valence-corrected chi connectivity index (χ2v) is 3.31. The summed E-state index contributed by atoms with van der Waals surface area (Å²) in [6, 6.07) is -0.454. The highest BCUT2D eigenvalue weighted by molar-refractivity contribution is 5.73. The number of carboxylic acid groups (broad SMARTS) is 1. The molecule has 13 heavy (non-hydrogen) atoms.